The zero-order chi connectivity index (χ0) is 28.6. The Labute approximate surface area is 234 Å². The third-order valence-electron chi connectivity index (χ3n) is 6.55. The molecule has 10 nitrogen and oxygen atoms in total. The van der Waals surface area contributed by atoms with Crippen LogP contribution in [0.5, 0.6) is 17.2 Å². The molecule has 0 radical (unpaired) electrons. The predicted octanol–water partition coefficient (Wildman–Crippen LogP) is 3.34. The van der Waals surface area contributed by atoms with Gasteiger partial charge in [-0.15, -0.1) is 0 Å². The van der Waals surface area contributed by atoms with Crippen molar-refractivity contribution in [1.29, 1.82) is 0 Å². The van der Waals surface area contributed by atoms with Gasteiger partial charge in [-0.1, -0.05) is 18.2 Å². The number of anilines is 1. The van der Waals surface area contributed by atoms with E-state index < -0.39 is 23.6 Å². The molecule has 5 rings (SSSR count). The van der Waals surface area contributed by atoms with Crippen LogP contribution in [0.15, 0.2) is 66.2 Å². The number of hydrogen-bond donors (Lipinski definition) is 1. The van der Waals surface area contributed by atoms with Gasteiger partial charge in [0.15, 0.2) is 5.11 Å². The molecule has 3 aromatic carbocycles. The molecule has 3 aromatic rings. The van der Waals surface area contributed by atoms with Crippen LogP contribution in [-0.4, -0.2) is 55.0 Å². The van der Waals surface area contributed by atoms with E-state index in [0.717, 1.165) is 9.80 Å². The first-order valence-corrected chi connectivity index (χ1v) is 12.4. The molecule has 0 aliphatic carbocycles. The lowest BCUT2D eigenvalue weighted by atomic mass is 10.0. The Bertz CT molecular complexity index is 1600. The zero-order valence-electron chi connectivity index (χ0n) is 21.7. The number of rotatable bonds is 7. The molecule has 1 saturated heterocycles. The number of ether oxygens (including phenoxy) is 3. The molecule has 0 unspecified atom stereocenters. The maximum Gasteiger partial charge on any atom is 0.270 e. The van der Waals surface area contributed by atoms with Crippen LogP contribution in [-0.2, 0) is 16.1 Å². The predicted molar refractivity (Wildman–Crippen MR) is 149 cm³/mol. The van der Waals surface area contributed by atoms with Crippen molar-refractivity contribution in [2.45, 2.75) is 6.54 Å². The lowest BCUT2D eigenvalue weighted by molar-refractivity contribution is -0.122. The molecule has 1 fully saturated rings. The first-order valence-electron chi connectivity index (χ1n) is 12.0. The quantitative estimate of drug-likeness (QED) is 0.204. The van der Waals surface area contributed by atoms with Crippen molar-refractivity contribution in [1.82, 2.24) is 10.2 Å². The summed E-state index contributed by atoms with van der Waals surface area (Å²) in [6, 6.07) is 16.4. The summed E-state index contributed by atoms with van der Waals surface area (Å²) in [4.78, 5) is 54.6. The molecule has 4 amide bonds. The van der Waals surface area contributed by atoms with Gasteiger partial charge in [0.2, 0.25) is 0 Å². The largest absolute Gasteiger partial charge is 0.497 e. The number of fused-ring (bicyclic) bond motifs is 1. The molecule has 11 heteroatoms. The number of nitrogens with one attached hydrogen (secondary N) is 1. The molecule has 202 valence electrons. The lowest BCUT2D eigenvalue weighted by Crippen LogP contribution is -2.54. The average molecular weight is 558 g/mol. The van der Waals surface area contributed by atoms with E-state index in [9.17, 15) is 19.2 Å². The molecule has 40 heavy (non-hydrogen) atoms. The number of imide groups is 1. The summed E-state index contributed by atoms with van der Waals surface area (Å²) < 4.78 is 16.1. The van der Waals surface area contributed by atoms with E-state index in [4.69, 9.17) is 26.4 Å². The highest BCUT2D eigenvalue weighted by Gasteiger charge is 2.37. The number of nitrogens with zero attached hydrogens (tertiary/aromatic N) is 2. The summed E-state index contributed by atoms with van der Waals surface area (Å²) in [6.45, 7) is -0.0656. The van der Waals surface area contributed by atoms with Gasteiger partial charge in [-0.25, -0.2) is 4.90 Å². The molecule has 2 heterocycles. The lowest BCUT2D eigenvalue weighted by Gasteiger charge is -2.30. The smallest absolute Gasteiger partial charge is 0.270 e. The van der Waals surface area contributed by atoms with Crippen LogP contribution in [0.1, 0.15) is 31.8 Å². The van der Waals surface area contributed by atoms with Crippen LogP contribution >= 0.6 is 12.2 Å². The number of carbonyl (C=O) groups is 4. The Balaban J connectivity index is 1.50. The van der Waals surface area contributed by atoms with E-state index in [1.165, 1.54) is 27.4 Å². The minimum absolute atomic E-state index is 0.0656. The van der Waals surface area contributed by atoms with Crippen molar-refractivity contribution in [3.05, 3.63) is 88.5 Å². The maximum absolute atomic E-state index is 13.6. The van der Waals surface area contributed by atoms with E-state index in [0.29, 0.717) is 45.2 Å². The fourth-order valence-electron chi connectivity index (χ4n) is 4.58. The van der Waals surface area contributed by atoms with Gasteiger partial charge in [0.05, 0.1) is 44.7 Å². The zero-order valence-corrected chi connectivity index (χ0v) is 22.5. The average Bonchev–Trinajstić information content (AvgIpc) is 3.20. The van der Waals surface area contributed by atoms with Crippen LogP contribution in [0.4, 0.5) is 5.69 Å². The number of amides is 4. The van der Waals surface area contributed by atoms with Crippen molar-refractivity contribution < 1.29 is 33.4 Å². The van der Waals surface area contributed by atoms with E-state index in [1.807, 2.05) is 0 Å². The molecule has 0 spiro atoms. The summed E-state index contributed by atoms with van der Waals surface area (Å²) in [5.41, 5.74) is 1.75. The summed E-state index contributed by atoms with van der Waals surface area (Å²) in [5.74, 6) is -0.929. The molecule has 1 N–H and O–H groups in total. The minimum Gasteiger partial charge on any atom is -0.497 e. The van der Waals surface area contributed by atoms with Crippen molar-refractivity contribution in [2.24, 2.45) is 0 Å². The molecular formula is C29H23N3O7S. The van der Waals surface area contributed by atoms with E-state index in [1.54, 1.807) is 60.7 Å². The van der Waals surface area contributed by atoms with Crippen LogP contribution in [0, 0.1) is 0 Å². The van der Waals surface area contributed by atoms with Gasteiger partial charge in [-0.3, -0.25) is 29.4 Å². The number of carbonyl (C=O) groups excluding carboxylic acids is 4. The van der Waals surface area contributed by atoms with Crippen molar-refractivity contribution in [3.8, 4) is 17.2 Å². The summed E-state index contributed by atoms with van der Waals surface area (Å²) >= 11 is 5.32. The maximum atomic E-state index is 13.6. The van der Waals surface area contributed by atoms with Crippen LogP contribution in [0.25, 0.3) is 6.08 Å². The monoisotopic (exact) mass is 557 g/mol. The van der Waals surface area contributed by atoms with Crippen LogP contribution in [0.2, 0.25) is 0 Å². The Morgan fingerprint density at radius 3 is 2.08 bits per heavy atom. The second-order valence-electron chi connectivity index (χ2n) is 8.81. The Kier molecular flexibility index (Phi) is 7.05. The molecule has 0 atom stereocenters. The Morgan fingerprint density at radius 1 is 0.800 bits per heavy atom. The van der Waals surface area contributed by atoms with Gasteiger partial charge in [0.25, 0.3) is 23.6 Å². The summed E-state index contributed by atoms with van der Waals surface area (Å²) in [5, 5.41) is 2.43. The summed E-state index contributed by atoms with van der Waals surface area (Å²) in [6.07, 6.45) is 1.41. The number of hydrogen-bond acceptors (Lipinski definition) is 8. The fourth-order valence-corrected chi connectivity index (χ4v) is 4.85. The molecular weight excluding hydrogens is 534 g/mol. The fraction of sp³-hybridized carbons (Fsp3) is 0.138. The van der Waals surface area contributed by atoms with Crippen molar-refractivity contribution >= 4 is 52.7 Å². The van der Waals surface area contributed by atoms with Crippen LogP contribution in [0.3, 0.4) is 0 Å². The van der Waals surface area contributed by atoms with E-state index in [2.05, 4.69) is 5.32 Å². The first kappa shape index (κ1) is 26.6. The Hall–Kier alpha value is -5.03. The van der Waals surface area contributed by atoms with Gasteiger partial charge in [-0.05, 0) is 60.3 Å². The van der Waals surface area contributed by atoms with Crippen molar-refractivity contribution in [3.63, 3.8) is 0 Å². The molecule has 0 bridgehead atoms. The molecule has 2 aliphatic rings. The second-order valence-corrected chi connectivity index (χ2v) is 9.20. The molecule has 2 aliphatic heterocycles. The number of thiocarbonyl (C=S) groups is 1. The Morgan fingerprint density at radius 2 is 1.45 bits per heavy atom. The molecule has 0 saturated carbocycles. The van der Waals surface area contributed by atoms with Gasteiger partial charge in [-0.2, -0.15) is 0 Å². The first-order chi connectivity index (χ1) is 19.3. The van der Waals surface area contributed by atoms with Gasteiger partial charge in [0, 0.05) is 11.6 Å². The number of methoxy groups -OCH3 is 3. The van der Waals surface area contributed by atoms with Gasteiger partial charge in [0.1, 0.15) is 22.8 Å². The van der Waals surface area contributed by atoms with Crippen molar-refractivity contribution in [2.75, 3.05) is 26.2 Å². The van der Waals surface area contributed by atoms with E-state index in [-0.39, 0.29) is 17.2 Å². The normalized spacial score (nSPS) is 15.9. The summed E-state index contributed by atoms with van der Waals surface area (Å²) in [7, 11) is 4.40. The standard InChI is InChI=1S/C29H23N3O7S/c1-37-18-9-11-24(39-3)22(14-18)32-28(36)21(25(33)30-29(32)40)13-16-8-10-23(38-2)17(12-16)15-31-26(34)19-6-4-5-7-20(19)27(31)35/h4-14H,15H2,1-3H3,(H,30,33,40)/b21-13-. The highest BCUT2D eigenvalue weighted by molar-refractivity contribution is 7.80. The number of benzene rings is 3. The topological polar surface area (TPSA) is 114 Å². The highest BCUT2D eigenvalue weighted by Crippen LogP contribution is 2.35. The minimum atomic E-state index is -0.675. The second kappa shape index (κ2) is 10.6. The van der Waals surface area contributed by atoms with Gasteiger partial charge < -0.3 is 14.2 Å². The SMILES string of the molecule is COc1ccc(OC)c(N2C(=O)/C(=C\c3ccc(OC)c(CN4C(=O)c5ccccc5C4=O)c3)C(=O)NC2=S)c1. The third-order valence-corrected chi connectivity index (χ3v) is 6.84. The van der Waals surface area contributed by atoms with Gasteiger partial charge >= 0.3 is 0 Å². The van der Waals surface area contributed by atoms with E-state index >= 15 is 0 Å². The van der Waals surface area contributed by atoms with Crippen LogP contribution < -0.4 is 24.4 Å². The molecule has 0 aromatic heterocycles. The third kappa shape index (κ3) is 4.56. The highest BCUT2D eigenvalue weighted by atomic mass is 32.1.